The summed E-state index contributed by atoms with van der Waals surface area (Å²) in [5.74, 6) is 0.347. The van der Waals surface area contributed by atoms with Gasteiger partial charge in [0.05, 0.1) is 12.6 Å². The van der Waals surface area contributed by atoms with E-state index in [9.17, 15) is 4.79 Å². The van der Waals surface area contributed by atoms with Crippen molar-refractivity contribution in [3.05, 3.63) is 105 Å². The van der Waals surface area contributed by atoms with Gasteiger partial charge in [0.1, 0.15) is 29.4 Å². The van der Waals surface area contributed by atoms with Crippen LogP contribution in [0.1, 0.15) is 17.2 Å². The van der Waals surface area contributed by atoms with Crippen LogP contribution in [0.4, 0.5) is 0 Å². The molecule has 3 aromatic carbocycles. The van der Waals surface area contributed by atoms with E-state index in [1.54, 1.807) is 20.7 Å². The van der Waals surface area contributed by atoms with Gasteiger partial charge < -0.3 is 14.2 Å². The molecule has 42 heavy (non-hydrogen) atoms. The van der Waals surface area contributed by atoms with Crippen LogP contribution in [0.3, 0.4) is 0 Å². The predicted octanol–water partition coefficient (Wildman–Crippen LogP) is 7.21. The standard InChI is InChI=1S/C32H33ClN2O4S3/c33-27-10-6-26(7-11-27)32(25-4-2-1-3-5-25)35-16-14-34(15-17-35)18-19-37-23-30(36)39-21-20-38-28-12-8-24(9-13-28)29-22-31(40)42-41-29/h1-13,22,32H,14-21,23H2. The van der Waals surface area contributed by atoms with E-state index < -0.39 is 0 Å². The van der Waals surface area contributed by atoms with Crippen LogP contribution in [0.2, 0.25) is 5.02 Å². The molecule has 0 N–H and O–H groups in total. The number of piperazine rings is 1. The molecule has 1 unspecified atom stereocenters. The maximum Gasteiger partial charge on any atom is 0.332 e. The lowest BCUT2D eigenvalue weighted by Crippen LogP contribution is -2.48. The van der Waals surface area contributed by atoms with Crippen molar-refractivity contribution >= 4 is 50.5 Å². The summed E-state index contributed by atoms with van der Waals surface area (Å²) in [6.45, 7) is 5.41. The Morgan fingerprint density at radius 2 is 1.57 bits per heavy atom. The van der Waals surface area contributed by atoms with Crippen LogP contribution in [0.25, 0.3) is 10.4 Å². The van der Waals surface area contributed by atoms with Gasteiger partial charge in [-0.1, -0.05) is 87.0 Å². The molecule has 1 saturated heterocycles. The summed E-state index contributed by atoms with van der Waals surface area (Å²) >= 11 is 11.4. The van der Waals surface area contributed by atoms with Crippen LogP contribution in [0.5, 0.6) is 5.75 Å². The fraction of sp³-hybridized carbons (Fsp3) is 0.312. The molecule has 5 rings (SSSR count). The highest BCUT2D eigenvalue weighted by atomic mass is 35.5. The number of benzene rings is 3. The summed E-state index contributed by atoms with van der Waals surface area (Å²) in [5.41, 5.74) is 3.63. The molecule has 2 heterocycles. The number of nitrogens with zero attached hydrogens (tertiary/aromatic N) is 2. The average Bonchev–Trinajstić information content (AvgIpc) is 3.46. The van der Waals surface area contributed by atoms with Crippen molar-refractivity contribution in [1.29, 1.82) is 0 Å². The highest BCUT2D eigenvalue weighted by Crippen LogP contribution is 2.31. The first-order chi connectivity index (χ1) is 20.5. The summed E-state index contributed by atoms with van der Waals surface area (Å²) < 4.78 is 17.4. The zero-order chi connectivity index (χ0) is 29.1. The second kappa shape index (κ2) is 15.7. The number of hydrogen-bond donors (Lipinski definition) is 0. The van der Waals surface area contributed by atoms with Crippen molar-refractivity contribution in [3.63, 3.8) is 0 Å². The van der Waals surface area contributed by atoms with Crippen LogP contribution in [-0.4, -0.2) is 74.9 Å². The number of ether oxygens (including phenoxy) is 3. The van der Waals surface area contributed by atoms with E-state index in [0.717, 1.165) is 57.8 Å². The molecule has 0 bridgehead atoms. The SMILES string of the molecule is O=C(COCCN1CCN(C(c2ccccc2)c2ccc(Cl)cc2)CC1)OCCOc1ccc(-c2cc(=S)ss2)cc1. The molecule has 1 aliphatic rings. The molecule has 6 nitrogen and oxygen atoms in total. The van der Waals surface area contributed by atoms with Crippen molar-refractivity contribution in [2.75, 3.05) is 59.2 Å². The molecule has 1 aliphatic heterocycles. The molecule has 0 saturated carbocycles. The zero-order valence-electron chi connectivity index (χ0n) is 23.2. The van der Waals surface area contributed by atoms with Gasteiger partial charge in [0.15, 0.2) is 0 Å². The molecule has 0 amide bonds. The van der Waals surface area contributed by atoms with E-state index in [2.05, 4.69) is 52.3 Å². The number of esters is 1. The van der Waals surface area contributed by atoms with E-state index >= 15 is 0 Å². The Labute approximate surface area is 264 Å². The third-order valence-corrected chi connectivity index (χ3v) is 10.2. The van der Waals surface area contributed by atoms with E-state index in [1.165, 1.54) is 11.1 Å². The van der Waals surface area contributed by atoms with Gasteiger partial charge in [-0.15, -0.1) is 0 Å². The Kier molecular flexibility index (Phi) is 11.5. The highest BCUT2D eigenvalue weighted by molar-refractivity contribution is 7.80. The second-order valence-corrected chi connectivity index (χ2v) is 13.2. The Hall–Kier alpha value is -2.63. The number of carbonyl (C=O) groups excluding carboxylic acids is 1. The maximum absolute atomic E-state index is 12.1. The average molecular weight is 641 g/mol. The van der Waals surface area contributed by atoms with Crippen molar-refractivity contribution in [2.24, 2.45) is 0 Å². The van der Waals surface area contributed by atoms with Gasteiger partial charge in [0.2, 0.25) is 0 Å². The third-order valence-electron chi connectivity index (χ3n) is 7.06. The first-order valence-electron chi connectivity index (χ1n) is 13.9. The van der Waals surface area contributed by atoms with Crippen LogP contribution in [-0.2, 0) is 14.3 Å². The van der Waals surface area contributed by atoms with Gasteiger partial charge in [0.25, 0.3) is 0 Å². The Bertz CT molecular complexity index is 1450. The molecule has 1 atom stereocenters. The third kappa shape index (κ3) is 8.94. The first kappa shape index (κ1) is 30.8. The Balaban J connectivity index is 0.968. The van der Waals surface area contributed by atoms with Gasteiger partial charge in [-0.3, -0.25) is 9.80 Å². The fourth-order valence-electron chi connectivity index (χ4n) is 4.93. The number of rotatable bonds is 13. The van der Waals surface area contributed by atoms with E-state index in [4.69, 9.17) is 38.0 Å². The van der Waals surface area contributed by atoms with E-state index in [0.29, 0.717) is 6.61 Å². The van der Waals surface area contributed by atoms with Gasteiger partial charge >= 0.3 is 5.97 Å². The predicted molar refractivity (Wildman–Crippen MR) is 173 cm³/mol. The largest absolute Gasteiger partial charge is 0.490 e. The van der Waals surface area contributed by atoms with Crippen molar-refractivity contribution in [1.82, 2.24) is 9.80 Å². The van der Waals surface area contributed by atoms with Gasteiger partial charge in [-0.25, -0.2) is 4.79 Å². The summed E-state index contributed by atoms with van der Waals surface area (Å²) in [5, 5.41) is 0.746. The first-order valence-corrected chi connectivity index (χ1v) is 16.8. The summed E-state index contributed by atoms with van der Waals surface area (Å²) in [7, 11) is 3.26. The van der Waals surface area contributed by atoms with Gasteiger partial charge in [-0.2, -0.15) is 0 Å². The maximum atomic E-state index is 12.1. The molecule has 10 heteroatoms. The van der Waals surface area contributed by atoms with Crippen molar-refractivity contribution in [3.8, 4) is 16.2 Å². The zero-order valence-corrected chi connectivity index (χ0v) is 26.4. The van der Waals surface area contributed by atoms with Crippen molar-refractivity contribution < 1.29 is 19.0 Å². The monoisotopic (exact) mass is 640 g/mol. The van der Waals surface area contributed by atoms with E-state index in [-0.39, 0.29) is 31.8 Å². The summed E-state index contributed by atoms with van der Waals surface area (Å²) in [4.78, 5) is 18.1. The van der Waals surface area contributed by atoms with Crippen LogP contribution in [0, 0.1) is 3.82 Å². The molecule has 0 aliphatic carbocycles. The fourth-order valence-corrected chi connectivity index (χ4v) is 7.46. The second-order valence-electron chi connectivity index (χ2n) is 9.88. The smallest absolute Gasteiger partial charge is 0.332 e. The van der Waals surface area contributed by atoms with Crippen LogP contribution < -0.4 is 4.74 Å². The summed E-state index contributed by atoms with van der Waals surface area (Å²) in [6.07, 6.45) is 0. The van der Waals surface area contributed by atoms with Crippen LogP contribution in [0.15, 0.2) is 84.9 Å². The molecular formula is C32H33ClN2O4S3. The number of hydrogen-bond acceptors (Lipinski definition) is 9. The Morgan fingerprint density at radius 1 is 0.857 bits per heavy atom. The lowest BCUT2D eigenvalue weighted by molar-refractivity contribution is -0.149. The molecule has 0 radical (unpaired) electrons. The van der Waals surface area contributed by atoms with Gasteiger partial charge in [-0.05, 0) is 59.2 Å². The molecule has 220 valence electrons. The highest BCUT2D eigenvalue weighted by Gasteiger charge is 2.26. The molecule has 1 fully saturated rings. The van der Waals surface area contributed by atoms with Crippen LogP contribution >= 0.6 is 44.5 Å². The number of carbonyl (C=O) groups is 1. The number of halogens is 1. The lowest BCUT2D eigenvalue weighted by atomic mass is 9.96. The van der Waals surface area contributed by atoms with Gasteiger partial charge in [0, 0.05) is 42.6 Å². The molecular weight excluding hydrogens is 608 g/mol. The minimum absolute atomic E-state index is 0.0615. The molecule has 1 aromatic heterocycles. The topological polar surface area (TPSA) is 51.2 Å². The minimum Gasteiger partial charge on any atom is -0.490 e. The minimum atomic E-state index is -0.383. The Morgan fingerprint density at radius 3 is 2.26 bits per heavy atom. The normalized spacial score (nSPS) is 14.9. The lowest BCUT2D eigenvalue weighted by Gasteiger charge is -2.39. The van der Waals surface area contributed by atoms with E-state index in [1.807, 2.05) is 42.5 Å². The quantitative estimate of drug-likeness (QED) is 0.0663. The molecule has 0 spiro atoms. The molecule has 4 aromatic rings. The summed E-state index contributed by atoms with van der Waals surface area (Å²) in [6, 6.07) is 28.8. The van der Waals surface area contributed by atoms with Crippen molar-refractivity contribution in [2.45, 2.75) is 6.04 Å².